The number of carbonyl (C=O) groups is 1. The van der Waals surface area contributed by atoms with Crippen LogP contribution >= 0.6 is 11.3 Å². The van der Waals surface area contributed by atoms with Crippen LogP contribution in [0.15, 0.2) is 71.9 Å². The van der Waals surface area contributed by atoms with Crippen LogP contribution < -0.4 is 14.4 Å². The summed E-state index contributed by atoms with van der Waals surface area (Å²) in [5, 5.41) is 0.412. The molecule has 0 fully saturated rings. The number of anilines is 1. The predicted molar refractivity (Wildman–Crippen MR) is 131 cm³/mol. The van der Waals surface area contributed by atoms with Crippen molar-refractivity contribution in [1.82, 2.24) is 9.97 Å². The van der Waals surface area contributed by atoms with Gasteiger partial charge in [-0.15, -0.1) is 0 Å². The number of nitrogens with zero attached hydrogens (tertiary/aromatic N) is 3. The first-order valence-electron chi connectivity index (χ1n) is 10.5. The van der Waals surface area contributed by atoms with E-state index in [-0.39, 0.29) is 11.4 Å². The normalized spacial score (nSPS) is 11.4. The van der Waals surface area contributed by atoms with E-state index in [1.54, 1.807) is 36.7 Å². The molecule has 34 heavy (non-hydrogen) atoms. The van der Waals surface area contributed by atoms with Gasteiger partial charge in [0, 0.05) is 12.4 Å². The summed E-state index contributed by atoms with van der Waals surface area (Å²) in [5.41, 5.74) is 1.51. The van der Waals surface area contributed by atoms with Crippen LogP contribution in [-0.2, 0) is 21.2 Å². The molecule has 0 saturated carbocycles. The van der Waals surface area contributed by atoms with Crippen LogP contribution in [0.2, 0.25) is 0 Å². The van der Waals surface area contributed by atoms with E-state index < -0.39 is 21.5 Å². The van der Waals surface area contributed by atoms with Gasteiger partial charge in [0.05, 0.1) is 35.4 Å². The van der Waals surface area contributed by atoms with Crippen molar-refractivity contribution < 1.29 is 22.7 Å². The highest BCUT2D eigenvalue weighted by molar-refractivity contribution is 7.92. The van der Waals surface area contributed by atoms with E-state index in [4.69, 9.17) is 9.47 Å². The monoisotopic (exact) mass is 497 g/mol. The zero-order valence-electron chi connectivity index (χ0n) is 18.7. The van der Waals surface area contributed by atoms with Gasteiger partial charge in [0.1, 0.15) is 17.3 Å². The number of carbonyl (C=O) groups excluding carboxylic acids is 1. The Balaban J connectivity index is 1.66. The fourth-order valence-electron chi connectivity index (χ4n) is 3.30. The van der Waals surface area contributed by atoms with E-state index in [1.165, 1.54) is 35.5 Å². The average Bonchev–Trinajstić information content (AvgIpc) is 3.26. The van der Waals surface area contributed by atoms with Gasteiger partial charge in [-0.1, -0.05) is 11.3 Å². The topological polar surface area (TPSA) is 98.7 Å². The van der Waals surface area contributed by atoms with Crippen molar-refractivity contribution in [1.29, 1.82) is 0 Å². The van der Waals surface area contributed by atoms with E-state index in [9.17, 15) is 13.2 Å². The Bertz CT molecular complexity index is 1390. The molecule has 0 bridgehead atoms. The van der Waals surface area contributed by atoms with Gasteiger partial charge in [0.15, 0.2) is 15.0 Å². The van der Waals surface area contributed by atoms with Crippen LogP contribution in [0.25, 0.3) is 10.2 Å². The molecule has 10 heteroatoms. The average molecular weight is 498 g/mol. The van der Waals surface area contributed by atoms with Crippen LogP contribution in [0.1, 0.15) is 12.5 Å². The number of methoxy groups -OCH3 is 1. The number of fused-ring (bicyclic) bond motifs is 1. The second-order valence-electron chi connectivity index (χ2n) is 7.33. The van der Waals surface area contributed by atoms with Gasteiger partial charge in [0.25, 0.3) is 0 Å². The summed E-state index contributed by atoms with van der Waals surface area (Å²) in [6.45, 7) is 2.60. The number of hydrogen-bond acceptors (Lipinski definition) is 8. The molecule has 4 aromatic rings. The van der Waals surface area contributed by atoms with Crippen molar-refractivity contribution in [3.8, 4) is 11.5 Å². The molecular formula is C24H23N3O5S2. The first kappa shape index (κ1) is 23.7. The van der Waals surface area contributed by atoms with Gasteiger partial charge in [-0.3, -0.25) is 14.7 Å². The van der Waals surface area contributed by atoms with E-state index in [2.05, 4.69) is 9.97 Å². The van der Waals surface area contributed by atoms with Gasteiger partial charge < -0.3 is 9.47 Å². The predicted octanol–water partition coefficient (Wildman–Crippen LogP) is 4.11. The Hall–Kier alpha value is -3.50. The number of hydrogen-bond donors (Lipinski definition) is 0. The lowest BCUT2D eigenvalue weighted by Crippen LogP contribution is -2.35. The molecule has 1 amide bonds. The molecule has 0 aliphatic rings. The number of benzene rings is 2. The lowest BCUT2D eigenvalue weighted by Gasteiger charge is -2.20. The van der Waals surface area contributed by atoms with Gasteiger partial charge >= 0.3 is 0 Å². The van der Waals surface area contributed by atoms with Crippen molar-refractivity contribution in [2.45, 2.75) is 18.4 Å². The number of thiazole rings is 1. The molecule has 176 valence electrons. The summed E-state index contributed by atoms with van der Waals surface area (Å²) in [6, 6.07) is 15.0. The summed E-state index contributed by atoms with van der Waals surface area (Å²) < 4.78 is 37.5. The molecule has 4 rings (SSSR count). The minimum absolute atomic E-state index is 0.0520. The second-order valence-corrected chi connectivity index (χ2v) is 10.3. The van der Waals surface area contributed by atoms with Gasteiger partial charge in [-0.2, -0.15) is 0 Å². The SMILES string of the molecule is CCOc1ccc2nc(N(Cc3ccncc3)C(=O)CS(=O)(=O)c3ccc(OC)cc3)sc2c1. The third-order valence-electron chi connectivity index (χ3n) is 5.01. The van der Waals surface area contributed by atoms with Crippen molar-refractivity contribution in [3.05, 3.63) is 72.6 Å². The standard InChI is InChI=1S/C24H23N3O5S2/c1-3-32-19-6-9-21-22(14-19)33-24(26-21)27(15-17-10-12-25-13-11-17)23(28)16-34(29,30)20-7-4-18(31-2)5-8-20/h4-14H,3,15-16H2,1-2H3. The number of sulfone groups is 1. The van der Waals surface area contributed by atoms with E-state index in [0.717, 1.165) is 10.3 Å². The maximum Gasteiger partial charge on any atom is 0.244 e. The Morgan fingerprint density at radius 2 is 1.74 bits per heavy atom. The molecule has 0 N–H and O–H groups in total. The van der Waals surface area contributed by atoms with Gasteiger partial charge in [-0.25, -0.2) is 13.4 Å². The molecule has 0 atom stereocenters. The number of rotatable bonds is 9. The molecule has 8 nitrogen and oxygen atoms in total. The molecule has 0 saturated heterocycles. The van der Waals surface area contributed by atoms with Crippen molar-refractivity contribution >= 4 is 42.4 Å². The summed E-state index contributed by atoms with van der Waals surface area (Å²) in [6.07, 6.45) is 3.25. The first-order chi connectivity index (χ1) is 16.4. The zero-order chi connectivity index (χ0) is 24.1. The zero-order valence-corrected chi connectivity index (χ0v) is 20.3. The van der Waals surface area contributed by atoms with Gasteiger partial charge in [0.2, 0.25) is 5.91 Å². The molecule has 0 aliphatic heterocycles. The number of pyridine rings is 1. The molecule has 0 radical (unpaired) electrons. The quantitative estimate of drug-likeness (QED) is 0.343. The molecule has 2 aromatic carbocycles. The molecule has 0 aliphatic carbocycles. The minimum Gasteiger partial charge on any atom is -0.497 e. The van der Waals surface area contributed by atoms with Crippen molar-refractivity contribution in [2.75, 3.05) is 24.4 Å². The number of aromatic nitrogens is 2. The van der Waals surface area contributed by atoms with Crippen molar-refractivity contribution in [2.24, 2.45) is 0 Å². The van der Waals surface area contributed by atoms with Crippen LogP contribution in [0, 0.1) is 0 Å². The Morgan fingerprint density at radius 3 is 2.41 bits per heavy atom. The second kappa shape index (κ2) is 10.2. The van der Waals surface area contributed by atoms with E-state index in [0.29, 0.717) is 28.8 Å². The molecule has 0 unspecified atom stereocenters. The van der Waals surface area contributed by atoms with Crippen molar-refractivity contribution in [3.63, 3.8) is 0 Å². The van der Waals surface area contributed by atoms with Crippen LogP contribution in [0.3, 0.4) is 0 Å². The summed E-state index contributed by atoms with van der Waals surface area (Å²) >= 11 is 1.31. The third-order valence-corrected chi connectivity index (χ3v) is 7.67. The Kier molecular flexibility index (Phi) is 7.09. The summed E-state index contributed by atoms with van der Waals surface area (Å²) in [7, 11) is -2.38. The highest BCUT2D eigenvalue weighted by Crippen LogP contribution is 2.32. The fourth-order valence-corrected chi connectivity index (χ4v) is 5.51. The molecule has 2 heterocycles. The van der Waals surface area contributed by atoms with E-state index >= 15 is 0 Å². The summed E-state index contributed by atoms with van der Waals surface area (Å²) in [5.74, 6) is -0.0219. The van der Waals surface area contributed by atoms with Crippen LogP contribution in [0.4, 0.5) is 5.13 Å². The maximum absolute atomic E-state index is 13.4. The molecule has 2 aromatic heterocycles. The molecule has 0 spiro atoms. The largest absolute Gasteiger partial charge is 0.497 e. The lowest BCUT2D eigenvalue weighted by molar-refractivity contribution is -0.116. The maximum atomic E-state index is 13.4. The minimum atomic E-state index is -3.88. The van der Waals surface area contributed by atoms with Gasteiger partial charge in [-0.05, 0) is 67.1 Å². The van der Waals surface area contributed by atoms with Crippen LogP contribution in [-0.4, -0.2) is 43.8 Å². The third kappa shape index (κ3) is 5.35. The first-order valence-corrected chi connectivity index (χ1v) is 13.0. The molecular weight excluding hydrogens is 474 g/mol. The lowest BCUT2D eigenvalue weighted by atomic mass is 10.2. The smallest absolute Gasteiger partial charge is 0.244 e. The fraction of sp³-hybridized carbons (Fsp3) is 0.208. The Morgan fingerprint density at radius 1 is 1.03 bits per heavy atom. The number of ether oxygens (including phenoxy) is 2. The Labute approximate surface area is 201 Å². The highest BCUT2D eigenvalue weighted by atomic mass is 32.2. The number of amides is 1. The van der Waals surface area contributed by atoms with E-state index in [1.807, 2.05) is 25.1 Å². The van der Waals surface area contributed by atoms with Crippen LogP contribution in [0.5, 0.6) is 11.5 Å². The summed E-state index contributed by atoms with van der Waals surface area (Å²) in [4.78, 5) is 23.4. The highest BCUT2D eigenvalue weighted by Gasteiger charge is 2.27.